The highest BCUT2D eigenvalue weighted by atomic mass is 32.1. The normalized spacial score (nSPS) is 13.2. The van der Waals surface area contributed by atoms with E-state index in [0.717, 1.165) is 10.4 Å². The Balaban J connectivity index is 2.13. The van der Waals surface area contributed by atoms with Crippen LogP contribution in [0.4, 0.5) is 4.79 Å². The lowest BCUT2D eigenvalue weighted by atomic mass is 10.0. The Hall–Kier alpha value is -3.13. The van der Waals surface area contributed by atoms with Crippen LogP contribution in [0.2, 0.25) is 0 Å². The molecule has 2 atom stereocenters. The molecule has 0 aliphatic heterocycles. The van der Waals surface area contributed by atoms with E-state index in [4.69, 9.17) is 4.74 Å². The average Bonchev–Trinajstić information content (AvgIpc) is 3.27. The van der Waals surface area contributed by atoms with Crippen molar-refractivity contribution >= 4 is 29.3 Å². The number of methoxy groups -OCH3 is 1. The number of aryl methyl sites for hydroxylation is 1. The minimum Gasteiger partial charge on any atom is -0.466 e. The molecule has 2 rings (SSSR count). The van der Waals surface area contributed by atoms with Crippen LogP contribution in [0.25, 0.3) is 0 Å². The van der Waals surface area contributed by atoms with Crippen LogP contribution in [0.15, 0.2) is 60.0 Å². The highest BCUT2D eigenvalue weighted by Gasteiger charge is 2.26. The molecule has 8 heteroatoms. The van der Waals surface area contributed by atoms with Crippen LogP contribution in [0.3, 0.4) is 0 Å². The maximum absolute atomic E-state index is 13.2. The molecule has 7 nitrogen and oxygen atoms in total. The van der Waals surface area contributed by atoms with Gasteiger partial charge in [-0.2, -0.15) is 0 Å². The number of esters is 1. The molecule has 0 bridgehead atoms. The van der Waals surface area contributed by atoms with Gasteiger partial charge in [0.25, 0.3) is 0 Å². The van der Waals surface area contributed by atoms with Crippen molar-refractivity contribution in [3.05, 3.63) is 70.4 Å². The number of alkyl carbamates (subject to hydrolysis) is 1. The Morgan fingerprint density at radius 2 is 1.79 bits per heavy atom. The summed E-state index contributed by atoms with van der Waals surface area (Å²) in [5, 5.41) is 7.55. The molecular formula is C25H32N2O5S. The fourth-order valence-electron chi connectivity index (χ4n) is 3.02. The first-order valence-corrected chi connectivity index (χ1v) is 11.7. The number of hydrogen-bond acceptors (Lipinski definition) is 6. The van der Waals surface area contributed by atoms with Crippen LogP contribution >= 0.6 is 11.3 Å². The first-order valence-electron chi connectivity index (χ1n) is 10.8. The second kappa shape index (κ2) is 12.8. The summed E-state index contributed by atoms with van der Waals surface area (Å²) in [6.07, 6.45) is 3.85. The predicted molar refractivity (Wildman–Crippen MR) is 129 cm³/mol. The summed E-state index contributed by atoms with van der Waals surface area (Å²) in [4.78, 5) is 38.1. The van der Waals surface area contributed by atoms with Crippen molar-refractivity contribution in [2.45, 2.75) is 57.7 Å². The highest BCUT2D eigenvalue weighted by molar-refractivity contribution is 7.09. The summed E-state index contributed by atoms with van der Waals surface area (Å²) in [5.74, 6) is -0.863. The molecule has 1 aromatic carbocycles. The monoisotopic (exact) mass is 472 g/mol. The van der Waals surface area contributed by atoms with E-state index in [1.54, 1.807) is 26.8 Å². The molecule has 2 N–H and O–H groups in total. The van der Waals surface area contributed by atoms with E-state index in [1.807, 2.05) is 47.8 Å². The van der Waals surface area contributed by atoms with Crippen molar-refractivity contribution in [2.75, 3.05) is 7.11 Å². The van der Waals surface area contributed by atoms with Crippen molar-refractivity contribution in [3.63, 3.8) is 0 Å². The lowest BCUT2D eigenvalue weighted by Gasteiger charge is -2.24. The Morgan fingerprint density at radius 1 is 1.06 bits per heavy atom. The topological polar surface area (TPSA) is 93.7 Å². The van der Waals surface area contributed by atoms with Crippen LogP contribution in [0.1, 0.15) is 37.6 Å². The van der Waals surface area contributed by atoms with Gasteiger partial charge in [-0.3, -0.25) is 4.79 Å². The number of ether oxygens (including phenoxy) is 2. The summed E-state index contributed by atoms with van der Waals surface area (Å²) in [6, 6.07) is 12.4. The summed E-state index contributed by atoms with van der Waals surface area (Å²) >= 11 is 1.51. The number of amides is 2. The molecule has 33 heavy (non-hydrogen) atoms. The van der Waals surface area contributed by atoms with Crippen LogP contribution in [0.5, 0.6) is 0 Å². The molecule has 178 valence electrons. The minimum absolute atomic E-state index is 0.328. The van der Waals surface area contributed by atoms with Crippen LogP contribution in [-0.2, 0) is 31.9 Å². The molecule has 0 unspecified atom stereocenters. The summed E-state index contributed by atoms with van der Waals surface area (Å²) in [7, 11) is 1.30. The molecule has 0 fully saturated rings. The van der Waals surface area contributed by atoms with E-state index < -0.39 is 29.7 Å². The number of nitrogens with one attached hydrogen (secondary N) is 2. The van der Waals surface area contributed by atoms with Gasteiger partial charge in [-0.15, -0.1) is 11.3 Å². The lowest BCUT2D eigenvalue weighted by Crippen LogP contribution is -2.51. The minimum atomic E-state index is -0.829. The fraction of sp³-hybridized carbons (Fsp3) is 0.400. The maximum Gasteiger partial charge on any atom is 0.408 e. The quantitative estimate of drug-likeness (QED) is 0.402. The third-order valence-corrected chi connectivity index (χ3v) is 5.47. The molecule has 0 saturated carbocycles. The first kappa shape index (κ1) is 26.1. The van der Waals surface area contributed by atoms with Gasteiger partial charge in [-0.25, -0.2) is 9.59 Å². The summed E-state index contributed by atoms with van der Waals surface area (Å²) in [6.45, 7) is 5.29. The number of carbonyl (C=O) groups is 3. The van der Waals surface area contributed by atoms with Gasteiger partial charge < -0.3 is 20.1 Å². The maximum atomic E-state index is 13.2. The van der Waals surface area contributed by atoms with E-state index in [2.05, 4.69) is 15.4 Å². The average molecular weight is 473 g/mol. The number of rotatable bonds is 10. The molecule has 1 aromatic heterocycles. The number of hydrogen-bond donors (Lipinski definition) is 2. The Kier molecular flexibility index (Phi) is 10.1. The van der Waals surface area contributed by atoms with Gasteiger partial charge in [0.05, 0.1) is 7.11 Å². The zero-order valence-corrected chi connectivity index (χ0v) is 20.3. The molecule has 0 spiro atoms. The highest BCUT2D eigenvalue weighted by Crippen LogP contribution is 2.14. The molecule has 0 saturated heterocycles. The smallest absolute Gasteiger partial charge is 0.408 e. The predicted octanol–water partition coefficient (Wildman–Crippen LogP) is 4.03. The molecular weight excluding hydrogens is 440 g/mol. The second-order valence-electron chi connectivity index (χ2n) is 8.50. The van der Waals surface area contributed by atoms with E-state index in [9.17, 15) is 14.4 Å². The van der Waals surface area contributed by atoms with Crippen molar-refractivity contribution in [2.24, 2.45) is 0 Å². The molecule has 0 aliphatic carbocycles. The number of benzene rings is 1. The number of thiophene rings is 1. The molecule has 0 aliphatic rings. The van der Waals surface area contributed by atoms with Gasteiger partial charge in [0.1, 0.15) is 11.6 Å². The molecule has 2 amide bonds. The standard InChI is InChI=1S/C25H32N2O5S/c1-25(2,3)32-24(30)27-21(17-20-11-8-16-33-20)23(29)26-19(14-15-22(28)31-4)13-12-18-9-6-5-7-10-18/h5-11,14-16,19,21H,12-13,17H2,1-4H3,(H,26,29)(H,27,30)/b15-14+/t19-,21-/m0/s1. The zero-order chi connectivity index (χ0) is 24.3. The van der Waals surface area contributed by atoms with Crippen LogP contribution < -0.4 is 10.6 Å². The largest absolute Gasteiger partial charge is 0.466 e. The van der Waals surface area contributed by atoms with Crippen LogP contribution in [-0.4, -0.2) is 42.8 Å². The molecule has 2 aromatic rings. The summed E-state index contributed by atoms with van der Waals surface area (Å²) < 4.78 is 10.0. The third-order valence-electron chi connectivity index (χ3n) is 4.57. The van der Waals surface area contributed by atoms with Gasteiger partial charge >= 0.3 is 12.1 Å². The molecule has 1 heterocycles. The Bertz CT molecular complexity index is 920. The van der Waals surface area contributed by atoms with Crippen molar-refractivity contribution in [1.29, 1.82) is 0 Å². The van der Waals surface area contributed by atoms with E-state index in [1.165, 1.54) is 24.5 Å². The van der Waals surface area contributed by atoms with Crippen molar-refractivity contribution in [1.82, 2.24) is 10.6 Å². The van der Waals surface area contributed by atoms with E-state index >= 15 is 0 Å². The zero-order valence-electron chi connectivity index (χ0n) is 19.5. The SMILES string of the molecule is COC(=O)/C=C/[C@H](CCc1ccccc1)NC(=O)[C@H](Cc1cccs1)NC(=O)OC(C)(C)C. The summed E-state index contributed by atoms with van der Waals surface area (Å²) in [5.41, 5.74) is 0.431. The Labute approximate surface area is 199 Å². The van der Waals surface area contributed by atoms with E-state index in [-0.39, 0.29) is 5.91 Å². The molecule has 0 radical (unpaired) electrons. The van der Waals surface area contributed by atoms with Gasteiger partial charge in [-0.05, 0) is 50.6 Å². The second-order valence-corrected chi connectivity index (χ2v) is 9.54. The van der Waals surface area contributed by atoms with Crippen LogP contribution in [0, 0.1) is 0 Å². The fourth-order valence-corrected chi connectivity index (χ4v) is 3.77. The van der Waals surface area contributed by atoms with Gasteiger partial charge in [0, 0.05) is 23.4 Å². The van der Waals surface area contributed by atoms with Crippen molar-refractivity contribution in [3.8, 4) is 0 Å². The van der Waals surface area contributed by atoms with Gasteiger partial charge in [0.15, 0.2) is 0 Å². The lowest BCUT2D eigenvalue weighted by molar-refractivity contribution is -0.135. The Morgan fingerprint density at radius 3 is 2.39 bits per heavy atom. The van der Waals surface area contributed by atoms with E-state index in [0.29, 0.717) is 19.3 Å². The number of carbonyl (C=O) groups excluding carboxylic acids is 3. The van der Waals surface area contributed by atoms with Gasteiger partial charge in [0.2, 0.25) is 5.91 Å². The third kappa shape index (κ3) is 10.4. The van der Waals surface area contributed by atoms with Crippen molar-refractivity contribution < 1.29 is 23.9 Å². The van der Waals surface area contributed by atoms with Gasteiger partial charge in [-0.1, -0.05) is 42.5 Å². The first-order chi connectivity index (χ1) is 15.7.